The number of methoxy groups -OCH3 is 1. The minimum Gasteiger partial charge on any atom is -0.496 e. The maximum Gasteiger partial charge on any atom is 0.313 e. The summed E-state index contributed by atoms with van der Waals surface area (Å²) in [6, 6.07) is 7.47. The number of nitrogens with zero attached hydrogens (tertiary/aromatic N) is 5. The highest BCUT2D eigenvalue weighted by molar-refractivity contribution is 5.97. The molecular formula is C22H16F3N5O2. The number of halogens is 3. The second kappa shape index (κ2) is 7.63. The lowest BCUT2D eigenvalue weighted by atomic mass is 9.97. The van der Waals surface area contributed by atoms with Crippen LogP contribution in [0.15, 0.2) is 47.3 Å². The molecule has 0 radical (unpaired) electrons. The van der Waals surface area contributed by atoms with Crippen LogP contribution in [0.1, 0.15) is 19.2 Å². The van der Waals surface area contributed by atoms with Gasteiger partial charge in [-0.2, -0.15) is 13.9 Å². The first kappa shape index (κ1) is 20.0. The highest BCUT2D eigenvalue weighted by atomic mass is 19.3. The summed E-state index contributed by atoms with van der Waals surface area (Å²) in [7, 11) is 1.41. The lowest BCUT2D eigenvalue weighted by molar-refractivity contribution is 0.117. The number of ether oxygens (including phenoxy) is 1. The molecule has 0 bridgehead atoms. The molecule has 5 rings (SSSR count). The van der Waals surface area contributed by atoms with Crippen molar-refractivity contribution >= 4 is 22.3 Å². The van der Waals surface area contributed by atoms with Crippen molar-refractivity contribution in [3.63, 3.8) is 0 Å². The molecule has 3 aromatic heterocycles. The summed E-state index contributed by atoms with van der Waals surface area (Å²) in [6.45, 7) is 2.63. The highest BCUT2D eigenvalue weighted by Crippen LogP contribution is 2.41. The normalized spacial score (nSPS) is 11.7. The van der Waals surface area contributed by atoms with Gasteiger partial charge in [0, 0.05) is 17.7 Å². The Morgan fingerprint density at radius 2 is 1.97 bits per heavy atom. The summed E-state index contributed by atoms with van der Waals surface area (Å²) < 4.78 is 53.8. The van der Waals surface area contributed by atoms with Crippen LogP contribution in [0.4, 0.5) is 13.2 Å². The van der Waals surface area contributed by atoms with Gasteiger partial charge in [0.25, 0.3) is 5.89 Å². The molecule has 0 aliphatic carbocycles. The first-order valence-corrected chi connectivity index (χ1v) is 9.74. The van der Waals surface area contributed by atoms with E-state index >= 15 is 4.39 Å². The minimum absolute atomic E-state index is 0.0870. The van der Waals surface area contributed by atoms with E-state index in [0.717, 1.165) is 0 Å². The molecule has 0 aliphatic heterocycles. The van der Waals surface area contributed by atoms with Crippen LogP contribution in [-0.4, -0.2) is 31.8 Å². The zero-order chi connectivity index (χ0) is 22.4. The van der Waals surface area contributed by atoms with Gasteiger partial charge in [-0.1, -0.05) is 6.07 Å². The molecule has 0 saturated heterocycles. The van der Waals surface area contributed by atoms with Gasteiger partial charge in [-0.05, 0) is 36.8 Å². The van der Waals surface area contributed by atoms with Gasteiger partial charge < -0.3 is 13.7 Å². The van der Waals surface area contributed by atoms with E-state index < -0.39 is 18.1 Å². The number of hydrogen-bond acceptors (Lipinski definition) is 6. The van der Waals surface area contributed by atoms with Crippen molar-refractivity contribution < 1.29 is 22.3 Å². The number of hydrogen-bond donors (Lipinski definition) is 0. The predicted molar refractivity (Wildman–Crippen MR) is 111 cm³/mol. The van der Waals surface area contributed by atoms with Crippen LogP contribution in [0.5, 0.6) is 5.75 Å². The molecule has 32 heavy (non-hydrogen) atoms. The van der Waals surface area contributed by atoms with Crippen LogP contribution in [-0.2, 0) is 6.54 Å². The van der Waals surface area contributed by atoms with Gasteiger partial charge in [0.1, 0.15) is 22.6 Å². The molecule has 0 atom stereocenters. The maximum absolute atomic E-state index is 15.0. The van der Waals surface area contributed by atoms with Crippen LogP contribution in [0.3, 0.4) is 0 Å². The molecule has 0 amide bonds. The highest BCUT2D eigenvalue weighted by Gasteiger charge is 2.23. The Kier molecular flexibility index (Phi) is 4.76. The summed E-state index contributed by atoms with van der Waals surface area (Å²) in [5.41, 5.74) is 3.04. The SMILES string of the molecule is CCn1cnc2c(-c3ccc(F)c(-c4c(OC)ccc5oc(C(F)F)nc45)c3)cnnc21. The van der Waals surface area contributed by atoms with Crippen molar-refractivity contribution in [3.8, 4) is 28.0 Å². The van der Waals surface area contributed by atoms with Crippen LogP contribution in [0, 0.1) is 5.82 Å². The zero-order valence-corrected chi connectivity index (χ0v) is 17.0. The second-order valence-electron chi connectivity index (χ2n) is 7.00. The minimum atomic E-state index is -2.90. The summed E-state index contributed by atoms with van der Waals surface area (Å²) in [4.78, 5) is 8.33. The number of alkyl halides is 2. The average molecular weight is 439 g/mol. The molecule has 0 aliphatic rings. The van der Waals surface area contributed by atoms with Crippen molar-refractivity contribution in [2.45, 2.75) is 19.9 Å². The van der Waals surface area contributed by atoms with Gasteiger partial charge in [-0.15, -0.1) is 5.10 Å². The van der Waals surface area contributed by atoms with Gasteiger partial charge in [0.15, 0.2) is 11.2 Å². The number of fused-ring (bicyclic) bond motifs is 2. The topological polar surface area (TPSA) is 78.9 Å². The van der Waals surface area contributed by atoms with E-state index in [2.05, 4.69) is 20.2 Å². The van der Waals surface area contributed by atoms with E-state index in [1.165, 1.54) is 25.3 Å². The number of aryl methyl sites for hydroxylation is 1. The van der Waals surface area contributed by atoms with Gasteiger partial charge >= 0.3 is 6.43 Å². The predicted octanol–water partition coefficient (Wildman–Crippen LogP) is 5.41. The molecule has 0 N–H and O–H groups in total. The smallest absolute Gasteiger partial charge is 0.313 e. The standard InChI is InChI=1S/C22H16F3N5O2/c1-3-30-10-26-18-13(9-27-29-21(18)30)11-4-5-14(23)12(8-11)17-15(31-2)6-7-16-19(17)28-22(32-16)20(24)25/h4-10,20H,3H2,1-2H3. The third-order valence-electron chi connectivity index (χ3n) is 5.24. The fraction of sp³-hybridized carbons (Fsp3) is 0.182. The largest absolute Gasteiger partial charge is 0.496 e. The van der Waals surface area contributed by atoms with E-state index in [4.69, 9.17) is 9.15 Å². The van der Waals surface area contributed by atoms with E-state index in [1.807, 2.05) is 11.5 Å². The molecule has 0 spiro atoms. The fourth-order valence-corrected chi connectivity index (χ4v) is 3.72. The molecule has 10 heteroatoms. The Hall–Kier alpha value is -3.95. The van der Waals surface area contributed by atoms with E-state index in [1.54, 1.807) is 24.7 Å². The Labute approximate surface area is 179 Å². The molecule has 7 nitrogen and oxygen atoms in total. The zero-order valence-electron chi connectivity index (χ0n) is 17.0. The number of benzene rings is 2. The fourth-order valence-electron chi connectivity index (χ4n) is 3.72. The van der Waals surface area contributed by atoms with Gasteiger partial charge in [-0.3, -0.25) is 0 Å². The first-order valence-electron chi connectivity index (χ1n) is 9.74. The molecule has 0 unspecified atom stereocenters. The van der Waals surface area contributed by atoms with Crippen molar-refractivity contribution in [1.29, 1.82) is 0 Å². The lowest BCUT2D eigenvalue weighted by Gasteiger charge is -2.12. The summed E-state index contributed by atoms with van der Waals surface area (Å²) in [6.07, 6.45) is 0.315. The number of oxazole rings is 1. The molecule has 162 valence electrons. The van der Waals surface area contributed by atoms with Crippen molar-refractivity contribution in [3.05, 3.63) is 54.6 Å². The lowest BCUT2D eigenvalue weighted by Crippen LogP contribution is -1.96. The monoisotopic (exact) mass is 439 g/mol. The van der Waals surface area contributed by atoms with Crippen molar-refractivity contribution in [2.24, 2.45) is 0 Å². The van der Waals surface area contributed by atoms with Crippen LogP contribution < -0.4 is 4.74 Å². The number of rotatable bonds is 5. The van der Waals surface area contributed by atoms with Crippen molar-refractivity contribution in [2.75, 3.05) is 7.11 Å². The van der Waals surface area contributed by atoms with Crippen molar-refractivity contribution in [1.82, 2.24) is 24.7 Å². The Morgan fingerprint density at radius 1 is 1.12 bits per heavy atom. The molecule has 2 aromatic carbocycles. The maximum atomic E-state index is 15.0. The Balaban J connectivity index is 1.76. The summed E-state index contributed by atoms with van der Waals surface area (Å²) >= 11 is 0. The number of aromatic nitrogens is 5. The van der Waals surface area contributed by atoms with Crippen LogP contribution >= 0.6 is 0 Å². The van der Waals surface area contributed by atoms with Gasteiger partial charge in [0.2, 0.25) is 0 Å². The van der Waals surface area contributed by atoms with E-state index in [-0.39, 0.29) is 28.0 Å². The summed E-state index contributed by atoms with van der Waals surface area (Å²) in [5.74, 6) is -1.04. The molecular weight excluding hydrogens is 423 g/mol. The van der Waals surface area contributed by atoms with E-state index in [9.17, 15) is 8.78 Å². The Morgan fingerprint density at radius 3 is 2.72 bits per heavy atom. The molecule has 0 saturated carbocycles. The quantitative estimate of drug-likeness (QED) is 0.365. The summed E-state index contributed by atoms with van der Waals surface area (Å²) in [5, 5.41) is 8.21. The third kappa shape index (κ3) is 3.06. The van der Waals surface area contributed by atoms with E-state index in [0.29, 0.717) is 28.8 Å². The average Bonchev–Trinajstić information content (AvgIpc) is 3.43. The number of imidazole rings is 1. The van der Waals surface area contributed by atoms with Gasteiger partial charge in [-0.25, -0.2) is 14.4 Å². The molecule has 3 heterocycles. The Bertz CT molecular complexity index is 1460. The molecule has 5 aromatic rings. The van der Waals surface area contributed by atoms with Crippen LogP contribution in [0.2, 0.25) is 0 Å². The second-order valence-corrected chi connectivity index (χ2v) is 7.00. The first-order chi connectivity index (χ1) is 15.5. The third-order valence-corrected chi connectivity index (χ3v) is 5.24. The van der Waals surface area contributed by atoms with Gasteiger partial charge in [0.05, 0.1) is 25.2 Å². The van der Waals surface area contributed by atoms with Crippen LogP contribution in [0.25, 0.3) is 44.5 Å². The molecule has 0 fully saturated rings.